The van der Waals surface area contributed by atoms with Crippen LogP contribution in [0, 0.1) is 5.92 Å². The van der Waals surface area contributed by atoms with E-state index in [4.69, 9.17) is 5.73 Å². The van der Waals surface area contributed by atoms with E-state index in [1.54, 1.807) is 18.3 Å². The minimum Gasteiger partial charge on any atom is -0.481 e. The lowest BCUT2D eigenvalue weighted by Crippen LogP contribution is -2.38. The van der Waals surface area contributed by atoms with Gasteiger partial charge in [0, 0.05) is 12.2 Å². The number of hydrogen-bond acceptors (Lipinski definition) is 4. The van der Waals surface area contributed by atoms with Crippen molar-refractivity contribution in [2.24, 2.45) is 11.7 Å². The molecule has 2 unspecified atom stereocenters. The lowest BCUT2D eigenvalue weighted by molar-refractivity contribution is -0.143. The third-order valence-electron chi connectivity index (χ3n) is 3.48. The monoisotopic (exact) mass is 263 g/mol. The summed E-state index contributed by atoms with van der Waals surface area (Å²) in [6, 6.07) is 3.00. The normalized spacial score (nSPS) is 22.7. The molecule has 0 radical (unpaired) electrons. The van der Waals surface area contributed by atoms with Crippen molar-refractivity contribution >= 4 is 17.7 Å². The summed E-state index contributed by atoms with van der Waals surface area (Å²) in [6.07, 6.45) is 4.84. The van der Waals surface area contributed by atoms with Crippen molar-refractivity contribution in [3.8, 4) is 0 Å². The minimum absolute atomic E-state index is 0.209. The summed E-state index contributed by atoms with van der Waals surface area (Å²) in [6.45, 7) is 0. The standard InChI is InChI=1S/C13H17N3O3/c14-11(17)9-5-3-7-15-12(9)16-10-6-2-1-4-8(10)13(18)19/h3,5,7-8,10H,1-2,4,6H2,(H2,14,17)(H,15,16)(H,18,19). The third kappa shape index (κ3) is 3.01. The van der Waals surface area contributed by atoms with Gasteiger partial charge >= 0.3 is 5.97 Å². The maximum absolute atomic E-state index is 11.3. The quantitative estimate of drug-likeness (QED) is 0.757. The van der Waals surface area contributed by atoms with Crippen LogP contribution in [0.3, 0.4) is 0 Å². The van der Waals surface area contributed by atoms with Gasteiger partial charge in [0.25, 0.3) is 5.91 Å². The van der Waals surface area contributed by atoms with E-state index in [1.165, 1.54) is 0 Å². The van der Waals surface area contributed by atoms with Crippen LogP contribution < -0.4 is 11.1 Å². The highest BCUT2D eigenvalue weighted by Crippen LogP contribution is 2.27. The Labute approximate surface area is 111 Å². The number of rotatable bonds is 4. The average molecular weight is 263 g/mol. The first kappa shape index (κ1) is 13.3. The zero-order chi connectivity index (χ0) is 13.8. The van der Waals surface area contributed by atoms with E-state index in [-0.39, 0.29) is 11.6 Å². The Balaban J connectivity index is 2.19. The molecule has 1 aliphatic carbocycles. The van der Waals surface area contributed by atoms with Gasteiger partial charge in [0.15, 0.2) is 0 Å². The number of hydrogen-bond donors (Lipinski definition) is 3. The van der Waals surface area contributed by atoms with Gasteiger partial charge in [0.2, 0.25) is 0 Å². The number of carboxylic acids is 1. The van der Waals surface area contributed by atoms with Crippen LogP contribution in [0.15, 0.2) is 18.3 Å². The largest absolute Gasteiger partial charge is 0.481 e. The smallest absolute Gasteiger partial charge is 0.308 e. The first-order valence-electron chi connectivity index (χ1n) is 6.33. The molecule has 19 heavy (non-hydrogen) atoms. The zero-order valence-corrected chi connectivity index (χ0v) is 10.5. The highest BCUT2D eigenvalue weighted by Gasteiger charge is 2.31. The van der Waals surface area contributed by atoms with Crippen LogP contribution in [0.1, 0.15) is 36.0 Å². The van der Waals surface area contributed by atoms with Crippen LogP contribution >= 0.6 is 0 Å². The topological polar surface area (TPSA) is 105 Å². The molecule has 0 aliphatic heterocycles. The number of primary amides is 1. The van der Waals surface area contributed by atoms with E-state index in [2.05, 4.69) is 10.3 Å². The van der Waals surface area contributed by atoms with Gasteiger partial charge < -0.3 is 16.2 Å². The fraction of sp³-hybridized carbons (Fsp3) is 0.462. The summed E-state index contributed by atoms with van der Waals surface area (Å²) in [5, 5.41) is 12.3. The van der Waals surface area contributed by atoms with Crippen LogP contribution in [0.2, 0.25) is 0 Å². The van der Waals surface area contributed by atoms with E-state index in [0.29, 0.717) is 12.2 Å². The molecular formula is C13H17N3O3. The van der Waals surface area contributed by atoms with E-state index in [9.17, 15) is 14.7 Å². The van der Waals surface area contributed by atoms with Crippen molar-refractivity contribution in [2.75, 3.05) is 5.32 Å². The van der Waals surface area contributed by atoms with Crippen molar-refractivity contribution < 1.29 is 14.7 Å². The predicted octanol–water partition coefficient (Wildman–Crippen LogP) is 1.24. The molecule has 0 saturated heterocycles. The molecule has 2 rings (SSSR count). The molecule has 0 bridgehead atoms. The number of amides is 1. The fourth-order valence-electron chi connectivity index (χ4n) is 2.49. The molecule has 2 atom stereocenters. The zero-order valence-electron chi connectivity index (χ0n) is 10.5. The molecule has 1 aliphatic rings. The molecule has 1 aromatic heterocycles. The number of carbonyl (C=O) groups is 2. The first-order valence-corrected chi connectivity index (χ1v) is 6.33. The summed E-state index contributed by atoms with van der Waals surface area (Å²) in [7, 11) is 0. The lowest BCUT2D eigenvalue weighted by atomic mass is 9.84. The molecule has 0 aromatic carbocycles. The second kappa shape index (κ2) is 5.69. The predicted molar refractivity (Wildman–Crippen MR) is 69.8 cm³/mol. The summed E-state index contributed by atoms with van der Waals surface area (Å²) in [5.74, 6) is -1.46. The number of carbonyl (C=O) groups excluding carboxylic acids is 1. The molecule has 1 aromatic rings. The maximum atomic E-state index is 11.3. The van der Waals surface area contributed by atoms with Crippen molar-refractivity contribution in [2.45, 2.75) is 31.7 Å². The molecule has 4 N–H and O–H groups in total. The number of pyridine rings is 1. The van der Waals surface area contributed by atoms with E-state index < -0.39 is 17.8 Å². The van der Waals surface area contributed by atoms with Gasteiger partial charge in [-0.25, -0.2) is 4.98 Å². The SMILES string of the molecule is NC(=O)c1cccnc1NC1CCCCC1C(=O)O. The second-order valence-electron chi connectivity index (χ2n) is 4.74. The van der Waals surface area contributed by atoms with Crippen molar-refractivity contribution in [3.05, 3.63) is 23.9 Å². The van der Waals surface area contributed by atoms with Crippen molar-refractivity contribution in [3.63, 3.8) is 0 Å². The van der Waals surface area contributed by atoms with E-state index in [1.807, 2.05) is 0 Å². The minimum atomic E-state index is -0.811. The van der Waals surface area contributed by atoms with Gasteiger partial charge in [-0.2, -0.15) is 0 Å². The molecule has 6 nitrogen and oxygen atoms in total. The number of anilines is 1. The third-order valence-corrected chi connectivity index (χ3v) is 3.48. The number of aromatic nitrogens is 1. The average Bonchev–Trinajstić information content (AvgIpc) is 2.39. The molecule has 1 amide bonds. The summed E-state index contributed by atoms with van der Waals surface area (Å²) in [5.41, 5.74) is 5.57. The summed E-state index contributed by atoms with van der Waals surface area (Å²) < 4.78 is 0. The van der Waals surface area contributed by atoms with Gasteiger partial charge in [-0.3, -0.25) is 9.59 Å². The Kier molecular flexibility index (Phi) is 3.99. The Morgan fingerprint density at radius 1 is 1.37 bits per heavy atom. The number of aliphatic carboxylic acids is 1. The number of nitrogens with one attached hydrogen (secondary N) is 1. The highest BCUT2D eigenvalue weighted by molar-refractivity contribution is 5.97. The Bertz CT molecular complexity index is 490. The molecule has 1 fully saturated rings. The molecule has 1 saturated carbocycles. The van der Waals surface area contributed by atoms with Crippen LogP contribution in [-0.4, -0.2) is 28.0 Å². The maximum Gasteiger partial charge on any atom is 0.308 e. The van der Waals surface area contributed by atoms with Crippen LogP contribution in [0.4, 0.5) is 5.82 Å². The lowest BCUT2D eigenvalue weighted by Gasteiger charge is -2.30. The Hall–Kier alpha value is -2.11. The number of nitrogens with zero attached hydrogens (tertiary/aromatic N) is 1. The first-order chi connectivity index (χ1) is 9.09. The van der Waals surface area contributed by atoms with Gasteiger partial charge in [-0.15, -0.1) is 0 Å². The van der Waals surface area contributed by atoms with Crippen molar-refractivity contribution in [1.29, 1.82) is 0 Å². The Morgan fingerprint density at radius 3 is 2.79 bits per heavy atom. The van der Waals surface area contributed by atoms with Gasteiger partial charge in [0.1, 0.15) is 5.82 Å². The van der Waals surface area contributed by atoms with Crippen molar-refractivity contribution in [1.82, 2.24) is 4.98 Å². The van der Waals surface area contributed by atoms with Crippen LogP contribution in [-0.2, 0) is 4.79 Å². The van der Waals surface area contributed by atoms with Crippen LogP contribution in [0.5, 0.6) is 0 Å². The fourth-order valence-corrected chi connectivity index (χ4v) is 2.49. The number of carboxylic acid groups (broad SMARTS) is 1. The van der Waals surface area contributed by atoms with Gasteiger partial charge in [0.05, 0.1) is 11.5 Å². The Morgan fingerprint density at radius 2 is 2.11 bits per heavy atom. The van der Waals surface area contributed by atoms with Gasteiger partial charge in [-0.1, -0.05) is 12.8 Å². The second-order valence-corrected chi connectivity index (χ2v) is 4.74. The summed E-state index contributed by atoms with van der Waals surface area (Å²) >= 11 is 0. The summed E-state index contributed by atoms with van der Waals surface area (Å²) in [4.78, 5) is 26.6. The van der Waals surface area contributed by atoms with E-state index in [0.717, 1.165) is 19.3 Å². The molecular weight excluding hydrogens is 246 g/mol. The van der Waals surface area contributed by atoms with E-state index >= 15 is 0 Å². The van der Waals surface area contributed by atoms with Gasteiger partial charge in [-0.05, 0) is 25.0 Å². The molecule has 102 valence electrons. The molecule has 6 heteroatoms. The molecule has 1 heterocycles. The number of nitrogens with two attached hydrogens (primary N) is 1. The molecule has 0 spiro atoms. The van der Waals surface area contributed by atoms with Crippen LogP contribution in [0.25, 0.3) is 0 Å². The highest BCUT2D eigenvalue weighted by atomic mass is 16.4.